The van der Waals surface area contributed by atoms with Crippen molar-refractivity contribution >= 4 is 27.3 Å². The molecule has 3 aliphatic carbocycles. The van der Waals surface area contributed by atoms with Gasteiger partial charge in [0.2, 0.25) is 0 Å². The van der Waals surface area contributed by atoms with Crippen molar-refractivity contribution in [3.8, 4) is 0 Å². The smallest absolute Gasteiger partial charge is 0.195 e. The van der Waals surface area contributed by atoms with Crippen LogP contribution in [0.1, 0.15) is 88.4 Å². The molecule has 0 spiro atoms. The number of rotatable bonds is 5. The van der Waals surface area contributed by atoms with Gasteiger partial charge in [-0.1, -0.05) is 52.2 Å². The van der Waals surface area contributed by atoms with Gasteiger partial charge < -0.3 is 0 Å². The Bertz CT molecular complexity index is 885. The molecule has 0 amide bonds. The lowest BCUT2D eigenvalue weighted by molar-refractivity contribution is -0.0506. The van der Waals surface area contributed by atoms with E-state index in [2.05, 4.69) is 26.8 Å². The number of benzene rings is 1. The molecule has 3 heteroatoms. The second-order valence-corrected chi connectivity index (χ2v) is 11.7. The summed E-state index contributed by atoms with van der Waals surface area (Å²) in [6, 6.07) is 8.19. The van der Waals surface area contributed by atoms with E-state index in [0.717, 1.165) is 51.2 Å². The Kier molecular flexibility index (Phi) is 5.54. The summed E-state index contributed by atoms with van der Waals surface area (Å²) in [4.78, 5) is 18.4. The van der Waals surface area contributed by atoms with Crippen LogP contribution >= 0.6 is 11.3 Å². The number of thiazole rings is 1. The quantitative estimate of drug-likeness (QED) is 0.460. The summed E-state index contributed by atoms with van der Waals surface area (Å²) in [5, 5.41) is 0.753. The van der Waals surface area contributed by atoms with Crippen LogP contribution in [0.5, 0.6) is 0 Å². The third-order valence-electron chi connectivity index (χ3n) is 9.49. The zero-order chi connectivity index (χ0) is 20.9. The van der Waals surface area contributed by atoms with Crippen LogP contribution in [0.25, 0.3) is 10.2 Å². The van der Waals surface area contributed by atoms with Gasteiger partial charge in [-0.25, -0.2) is 4.98 Å². The topological polar surface area (TPSA) is 30.0 Å². The molecule has 162 valence electrons. The molecule has 0 aliphatic heterocycles. The molecule has 3 aliphatic rings. The van der Waals surface area contributed by atoms with Crippen LogP contribution in [0.4, 0.5) is 0 Å². The molecular formula is C27H37NOS. The Morgan fingerprint density at radius 3 is 2.70 bits per heavy atom. The van der Waals surface area contributed by atoms with E-state index < -0.39 is 0 Å². The Morgan fingerprint density at radius 1 is 1.10 bits per heavy atom. The standard InChI is InChI=1S/C27H37NOS/c1-4-8-18-17(5-2)11-12-20-19(18)15-16-27(3)21(20)13-14-22(27)25(29)26-28-23-9-6-7-10-24(23)30-26/h6-7,9-10,17-22H,4-5,8,11-16H2,1-3H3. The second kappa shape index (κ2) is 8.04. The Labute approximate surface area is 185 Å². The number of hydrogen-bond donors (Lipinski definition) is 0. The largest absolute Gasteiger partial charge is 0.291 e. The molecule has 0 bridgehead atoms. The first-order valence-corrected chi connectivity index (χ1v) is 13.3. The van der Waals surface area contributed by atoms with E-state index in [9.17, 15) is 4.79 Å². The Balaban J connectivity index is 1.40. The van der Waals surface area contributed by atoms with Gasteiger partial charge in [-0.15, -0.1) is 11.3 Å². The molecule has 7 atom stereocenters. The zero-order valence-corrected chi connectivity index (χ0v) is 19.7. The first-order valence-electron chi connectivity index (χ1n) is 12.5. The lowest BCUT2D eigenvalue weighted by Gasteiger charge is -2.54. The molecule has 30 heavy (non-hydrogen) atoms. The van der Waals surface area contributed by atoms with Crippen molar-refractivity contribution in [3.05, 3.63) is 29.3 Å². The van der Waals surface area contributed by atoms with Crippen LogP contribution in [0.2, 0.25) is 0 Å². The van der Waals surface area contributed by atoms with E-state index >= 15 is 0 Å². The van der Waals surface area contributed by atoms with Crippen LogP contribution in [-0.4, -0.2) is 10.8 Å². The molecule has 7 unspecified atom stereocenters. The third-order valence-corrected chi connectivity index (χ3v) is 10.5. The van der Waals surface area contributed by atoms with Crippen molar-refractivity contribution in [3.63, 3.8) is 0 Å². The first kappa shape index (κ1) is 20.7. The highest BCUT2D eigenvalue weighted by Gasteiger charge is 2.58. The van der Waals surface area contributed by atoms with E-state index in [1.165, 1.54) is 51.4 Å². The Morgan fingerprint density at radius 2 is 1.93 bits per heavy atom. The van der Waals surface area contributed by atoms with Gasteiger partial charge in [-0.3, -0.25) is 4.79 Å². The fourth-order valence-electron chi connectivity index (χ4n) is 8.08. The number of fused-ring (bicyclic) bond motifs is 4. The lowest BCUT2D eigenvalue weighted by Crippen LogP contribution is -2.48. The first-order chi connectivity index (χ1) is 14.6. The van der Waals surface area contributed by atoms with E-state index in [1.807, 2.05) is 18.2 Å². The molecule has 3 saturated carbocycles. The monoisotopic (exact) mass is 423 g/mol. The number of aromatic nitrogens is 1. The maximum atomic E-state index is 13.6. The maximum absolute atomic E-state index is 13.6. The normalized spacial score (nSPS) is 38.4. The van der Waals surface area contributed by atoms with E-state index in [4.69, 9.17) is 4.98 Å². The third kappa shape index (κ3) is 3.18. The number of nitrogens with zero attached hydrogens (tertiary/aromatic N) is 1. The molecule has 0 saturated heterocycles. The molecule has 1 heterocycles. The van der Waals surface area contributed by atoms with Crippen molar-refractivity contribution < 1.29 is 4.79 Å². The maximum Gasteiger partial charge on any atom is 0.195 e. The summed E-state index contributed by atoms with van der Waals surface area (Å²) in [5.74, 6) is 4.91. The van der Waals surface area contributed by atoms with Gasteiger partial charge in [-0.2, -0.15) is 0 Å². The second-order valence-electron chi connectivity index (χ2n) is 10.7. The molecule has 2 aromatic rings. The van der Waals surface area contributed by atoms with Crippen molar-refractivity contribution in [2.24, 2.45) is 40.9 Å². The minimum atomic E-state index is 0.178. The lowest BCUT2D eigenvalue weighted by atomic mass is 9.50. The van der Waals surface area contributed by atoms with E-state index in [-0.39, 0.29) is 11.3 Å². The predicted octanol–water partition coefficient (Wildman–Crippen LogP) is 7.77. The summed E-state index contributed by atoms with van der Waals surface area (Å²) in [5.41, 5.74) is 1.17. The zero-order valence-electron chi connectivity index (χ0n) is 18.9. The highest BCUT2D eigenvalue weighted by Crippen LogP contribution is 2.64. The van der Waals surface area contributed by atoms with Gasteiger partial charge in [0.25, 0.3) is 0 Å². The van der Waals surface area contributed by atoms with Crippen LogP contribution in [-0.2, 0) is 0 Å². The SMILES string of the molecule is CCCC1C(CC)CCC2C1CCC1(C)C(C(=O)c3nc4ccccc4s3)CCC21. The molecule has 0 N–H and O–H groups in total. The number of carbonyl (C=O) groups excluding carboxylic acids is 1. The summed E-state index contributed by atoms with van der Waals surface area (Å²) in [6.45, 7) is 7.24. The fourth-order valence-corrected chi connectivity index (χ4v) is 9.04. The average molecular weight is 424 g/mol. The van der Waals surface area contributed by atoms with Crippen LogP contribution in [0, 0.1) is 40.9 Å². The van der Waals surface area contributed by atoms with Crippen LogP contribution < -0.4 is 0 Å². The van der Waals surface area contributed by atoms with Gasteiger partial charge in [0.15, 0.2) is 10.8 Å². The summed E-state index contributed by atoms with van der Waals surface area (Å²) < 4.78 is 1.14. The highest BCUT2D eigenvalue weighted by atomic mass is 32.1. The number of para-hydroxylation sites is 1. The van der Waals surface area contributed by atoms with Crippen molar-refractivity contribution in [1.29, 1.82) is 0 Å². The average Bonchev–Trinajstić information content (AvgIpc) is 3.34. The van der Waals surface area contributed by atoms with E-state index in [1.54, 1.807) is 11.3 Å². The van der Waals surface area contributed by atoms with Gasteiger partial charge in [0, 0.05) is 5.92 Å². The number of hydrogen-bond acceptors (Lipinski definition) is 3. The molecule has 2 nitrogen and oxygen atoms in total. The molecular weight excluding hydrogens is 386 g/mol. The number of carbonyl (C=O) groups is 1. The minimum absolute atomic E-state index is 0.178. The molecule has 3 fully saturated rings. The van der Waals surface area contributed by atoms with Gasteiger partial charge in [0.1, 0.15) is 0 Å². The summed E-state index contributed by atoms with van der Waals surface area (Å²) in [6.07, 6.45) is 11.9. The van der Waals surface area contributed by atoms with Crippen LogP contribution in [0.15, 0.2) is 24.3 Å². The number of ketones is 1. The molecule has 1 aromatic carbocycles. The van der Waals surface area contributed by atoms with Crippen molar-refractivity contribution in [2.45, 2.75) is 78.6 Å². The predicted molar refractivity (Wildman–Crippen MR) is 126 cm³/mol. The molecule has 5 rings (SSSR count). The fraction of sp³-hybridized carbons (Fsp3) is 0.704. The van der Waals surface area contributed by atoms with Crippen molar-refractivity contribution in [1.82, 2.24) is 4.98 Å². The van der Waals surface area contributed by atoms with E-state index in [0.29, 0.717) is 5.78 Å². The van der Waals surface area contributed by atoms with Gasteiger partial charge >= 0.3 is 0 Å². The van der Waals surface area contributed by atoms with Crippen molar-refractivity contribution in [2.75, 3.05) is 0 Å². The van der Waals surface area contributed by atoms with Gasteiger partial charge in [-0.05, 0) is 85.7 Å². The minimum Gasteiger partial charge on any atom is -0.291 e. The highest BCUT2D eigenvalue weighted by molar-refractivity contribution is 7.20. The molecule has 0 radical (unpaired) electrons. The molecule has 1 aromatic heterocycles. The summed E-state index contributed by atoms with van der Waals surface area (Å²) in [7, 11) is 0. The van der Waals surface area contributed by atoms with Gasteiger partial charge in [0.05, 0.1) is 10.2 Å². The Hall–Kier alpha value is -1.22. The van der Waals surface area contributed by atoms with Crippen LogP contribution in [0.3, 0.4) is 0 Å². The number of Topliss-reactive ketones (excluding diaryl/α,β-unsaturated/α-hetero) is 1. The summed E-state index contributed by atoms with van der Waals surface area (Å²) >= 11 is 1.60.